The van der Waals surface area contributed by atoms with Gasteiger partial charge in [0.2, 0.25) is 0 Å². The van der Waals surface area contributed by atoms with Gasteiger partial charge in [-0.3, -0.25) is 0 Å². The van der Waals surface area contributed by atoms with E-state index in [1.54, 1.807) is 4.90 Å². The van der Waals surface area contributed by atoms with Crippen molar-refractivity contribution >= 4 is 0 Å². The number of likely N-dealkylation sites (tertiary alicyclic amines) is 2. The molecule has 2 aliphatic rings. The van der Waals surface area contributed by atoms with Gasteiger partial charge in [0.25, 0.3) is 0 Å². The lowest BCUT2D eigenvalue weighted by molar-refractivity contribution is -0.955. The largest absolute Gasteiger partial charge is 0.337 e. The molecular formula is C11H24N2+2. The van der Waals surface area contributed by atoms with Gasteiger partial charge in [0.1, 0.15) is 0 Å². The van der Waals surface area contributed by atoms with E-state index in [4.69, 9.17) is 0 Å². The van der Waals surface area contributed by atoms with E-state index in [1.165, 1.54) is 58.3 Å². The van der Waals surface area contributed by atoms with E-state index in [9.17, 15) is 0 Å². The van der Waals surface area contributed by atoms with Crippen LogP contribution in [-0.4, -0.2) is 39.3 Å². The molecule has 0 bridgehead atoms. The molecule has 0 radical (unpaired) electrons. The fraction of sp³-hybridized carbons (Fsp3) is 1.00. The van der Waals surface area contributed by atoms with Gasteiger partial charge in [-0.1, -0.05) is 0 Å². The number of quaternary nitrogens is 2. The average molecular weight is 184 g/mol. The van der Waals surface area contributed by atoms with Crippen molar-refractivity contribution in [3.05, 3.63) is 0 Å². The Kier molecular flexibility index (Phi) is 3.23. The first-order valence-corrected chi connectivity index (χ1v) is 6.02. The van der Waals surface area contributed by atoms with Crippen LogP contribution in [-0.2, 0) is 0 Å². The van der Waals surface area contributed by atoms with Crippen LogP contribution in [0.5, 0.6) is 0 Å². The van der Waals surface area contributed by atoms with E-state index in [0.29, 0.717) is 0 Å². The van der Waals surface area contributed by atoms with Crippen molar-refractivity contribution in [3.63, 3.8) is 0 Å². The van der Waals surface area contributed by atoms with Crippen LogP contribution < -0.4 is 9.80 Å². The third-order valence-corrected chi connectivity index (χ3v) is 3.91. The third-order valence-electron chi connectivity index (χ3n) is 3.91. The maximum Gasteiger partial charge on any atom is 0.0983 e. The minimum Gasteiger partial charge on any atom is -0.337 e. The van der Waals surface area contributed by atoms with Gasteiger partial charge in [0.15, 0.2) is 0 Å². The van der Waals surface area contributed by atoms with Crippen LogP contribution in [0.4, 0.5) is 0 Å². The average Bonchev–Trinajstić information content (AvgIpc) is 2.20. The van der Waals surface area contributed by atoms with Gasteiger partial charge >= 0.3 is 0 Å². The zero-order chi connectivity index (χ0) is 9.10. The second kappa shape index (κ2) is 4.43. The van der Waals surface area contributed by atoms with Crippen molar-refractivity contribution in [1.29, 1.82) is 0 Å². The second-order valence-corrected chi connectivity index (χ2v) is 4.95. The summed E-state index contributed by atoms with van der Waals surface area (Å²) in [7, 11) is 2.34. The topological polar surface area (TPSA) is 8.88 Å². The smallest absolute Gasteiger partial charge is 0.0983 e. The second-order valence-electron chi connectivity index (χ2n) is 4.95. The van der Waals surface area contributed by atoms with Crippen LogP contribution in [0.1, 0.15) is 32.1 Å². The summed E-state index contributed by atoms with van der Waals surface area (Å²) in [6.45, 7) is 5.75. The summed E-state index contributed by atoms with van der Waals surface area (Å²) in [5, 5.41) is 0. The molecule has 76 valence electrons. The van der Waals surface area contributed by atoms with Crippen molar-refractivity contribution in [2.24, 2.45) is 0 Å². The molecule has 0 spiro atoms. The Bertz CT molecular complexity index is 144. The molecule has 2 N–H and O–H groups in total. The highest BCUT2D eigenvalue weighted by Gasteiger charge is 2.28. The Morgan fingerprint density at radius 3 is 2.08 bits per heavy atom. The summed E-state index contributed by atoms with van der Waals surface area (Å²) in [5.74, 6) is 0. The Morgan fingerprint density at radius 2 is 1.46 bits per heavy atom. The molecule has 2 aliphatic heterocycles. The zero-order valence-corrected chi connectivity index (χ0v) is 8.94. The summed E-state index contributed by atoms with van der Waals surface area (Å²) in [5.41, 5.74) is 0. The first-order chi connectivity index (χ1) is 6.36. The van der Waals surface area contributed by atoms with E-state index in [1.807, 2.05) is 4.90 Å². The van der Waals surface area contributed by atoms with E-state index >= 15 is 0 Å². The number of rotatable bonds is 1. The minimum absolute atomic E-state index is 1.02. The molecule has 0 atom stereocenters. The van der Waals surface area contributed by atoms with Crippen molar-refractivity contribution in [2.75, 3.05) is 33.2 Å². The van der Waals surface area contributed by atoms with E-state index < -0.39 is 0 Å². The molecule has 2 nitrogen and oxygen atoms in total. The van der Waals surface area contributed by atoms with E-state index in [0.717, 1.165) is 6.04 Å². The highest BCUT2D eigenvalue weighted by Crippen LogP contribution is 2.00. The molecule has 0 saturated carbocycles. The lowest BCUT2D eigenvalue weighted by Gasteiger charge is -2.35. The molecule has 13 heavy (non-hydrogen) atoms. The summed E-state index contributed by atoms with van der Waals surface area (Å²) in [4.78, 5) is 3.67. The molecule has 0 aromatic carbocycles. The number of nitrogens with one attached hydrogen (secondary N) is 2. The highest BCUT2D eigenvalue weighted by molar-refractivity contribution is 4.61. The zero-order valence-electron chi connectivity index (χ0n) is 8.94. The van der Waals surface area contributed by atoms with E-state index in [-0.39, 0.29) is 0 Å². The van der Waals surface area contributed by atoms with Crippen molar-refractivity contribution in [3.8, 4) is 0 Å². The Labute approximate surface area is 81.9 Å². The first-order valence-electron chi connectivity index (χ1n) is 6.02. The first kappa shape index (κ1) is 9.47. The molecule has 2 rings (SSSR count). The lowest BCUT2D eigenvalue weighted by atomic mass is 10.0. The van der Waals surface area contributed by atoms with Gasteiger partial charge in [-0.25, -0.2) is 0 Å². The van der Waals surface area contributed by atoms with Crippen molar-refractivity contribution < 1.29 is 9.80 Å². The standard InChI is InChI=1S/C11H22N2/c1-12-9-5-11(6-10-12)13-7-3-2-4-8-13/h11H,2-10H2,1H3/p+2. The summed E-state index contributed by atoms with van der Waals surface area (Å²) < 4.78 is 0. The Morgan fingerprint density at radius 1 is 0.846 bits per heavy atom. The molecule has 2 saturated heterocycles. The molecule has 0 aromatic heterocycles. The summed E-state index contributed by atoms with van der Waals surface area (Å²) in [6.07, 6.45) is 7.40. The predicted octanol–water partition coefficient (Wildman–Crippen LogP) is -1.27. The molecule has 2 heterocycles. The van der Waals surface area contributed by atoms with Crippen LogP contribution >= 0.6 is 0 Å². The maximum atomic E-state index is 2.34. The van der Waals surface area contributed by atoms with Gasteiger partial charge < -0.3 is 9.80 Å². The quantitative estimate of drug-likeness (QED) is 0.503. The van der Waals surface area contributed by atoms with Crippen LogP contribution in [0, 0.1) is 0 Å². The van der Waals surface area contributed by atoms with Gasteiger partial charge in [-0.2, -0.15) is 0 Å². The summed E-state index contributed by atoms with van der Waals surface area (Å²) >= 11 is 0. The van der Waals surface area contributed by atoms with Gasteiger partial charge in [0.05, 0.1) is 39.3 Å². The monoisotopic (exact) mass is 184 g/mol. The summed E-state index contributed by atoms with van der Waals surface area (Å²) in [6, 6.07) is 1.02. The van der Waals surface area contributed by atoms with E-state index in [2.05, 4.69) is 7.05 Å². The Balaban J connectivity index is 1.79. The maximum absolute atomic E-state index is 2.34. The fourth-order valence-corrected chi connectivity index (χ4v) is 2.93. The normalized spacial score (nSPS) is 37.6. The molecule has 0 aromatic rings. The van der Waals surface area contributed by atoms with Gasteiger partial charge in [-0.15, -0.1) is 0 Å². The van der Waals surface area contributed by atoms with Gasteiger partial charge in [0, 0.05) is 12.8 Å². The molecule has 2 fully saturated rings. The predicted molar refractivity (Wildman–Crippen MR) is 54.2 cm³/mol. The third kappa shape index (κ3) is 2.44. The van der Waals surface area contributed by atoms with Crippen molar-refractivity contribution in [2.45, 2.75) is 38.1 Å². The molecule has 0 amide bonds. The molecule has 0 aliphatic carbocycles. The van der Waals surface area contributed by atoms with Gasteiger partial charge in [-0.05, 0) is 19.3 Å². The fourth-order valence-electron chi connectivity index (χ4n) is 2.93. The van der Waals surface area contributed by atoms with Crippen molar-refractivity contribution in [1.82, 2.24) is 0 Å². The van der Waals surface area contributed by atoms with Crippen LogP contribution in [0.3, 0.4) is 0 Å². The molecule has 0 unspecified atom stereocenters. The SMILES string of the molecule is C[NH+]1CCC([NH+]2CCCCC2)CC1. The number of hydrogen-bond acceptors (Lipinski definition) is 0. The molecule has 2 heteroatoms. The van der Waals surface area contributed by atoms with Crippen LogP contribution in [0.2, 0.25) is 0 Å². The number of piperidine rings is 2. The van der Waals surface area contributed by atoms with Crippen LogP contribution in [0.15, 0.2) is 0 Å². The van der Waals surface area contributed by atoms with Crippen LogP contribution in [0.25, 0.3) is 0 Å². The molecular weight excluding hydrogens is 160 g/mol. The minimum atomic E-state index is 1.02. The Hall–Kier alpha value is -0.0800. The lowest BCUT2D eigenvalue weighted by Crippen LogP contribution is -3.20. The number of hydrogen-bond donors (Lipinski definition) is 2. The highest BCUT2D eigenvalue weighted by atomic mass is 15.2.